The van der Waals surface area contributed by atoms with Crippen molar-refractivity contribution in [2.45, 2.75) is 51.7 Å². The van der Waals surface area contributed by atoms with Crippen molar-refractivity contribution in [3.05, 3.63) is 35.4 Å². The van der Waals surface area contributed by atoms with Gasteiger partial charge in [0.15, 0.2) is 0 Å². The van der Waals surface area contributed by atoms with Gasteiger partial charge in [-0.25, -0.2) is 0 Å². The molecule has 1 aliphatic carbocycles. The summed E-state index contributed by atoms with van der Waals surface area (Å²) < 4.78 is 11.0. The van der Waals surface area contributed by atoms with Crippen LogP contribution < -0.4 is 0 Å². The molecule has 0 aromatic heterocycles. The summed E-state index contributed by atoms with van der Waals surface area (Å²) in [6.45, 7) is 6.25. The third kappa shape index (κ3) is 4.06. The first-order valence-corrected chi connectivity index (χ1v) is 6.87. The molecule has 3 heteroatoms. The molecule has 0 radical (unpaired) electrons. The van der Waals surface area contributed by atoms with Crippen LogP contribution in [0.5, 0.6) is 0 Å². The third-order valence-electron chi connectivity index (χ3n) is 3.07. The van der Waals surface area contributed by atoms with Crippen molar-refractivity contribution in [1.29, 1.82) is 0 Å². The molecular weight excluding hydrogens is 240 g/mol. The van der Waals surface area contributed by atoms with Gasteiger partial charge in [0, 0.05) is 19.4 Å². The van der Waals surface area contributed by atoms with Gasteiger partial charge in [0.2, 0.25) is 0 Å². The van der Waals surface area contributed by atoms with Crippen molar-refractivity contribution in [3.63, 3.8) is 0 Å². The predicted molar refractivity (Wildman–Crippen MR) is 73.9 cm³/mol. The Kier molecular flexibility index (Phi) is 4.25. The molecule has 2 rings (SSSR count). The molecular formula is C16H22O3. The second kappa shape index (κ2) is 5.74. The highest BCUT2D eigenvalue weighted by molar-refractivity contribution is 5.69. The third-order valence-corrected chi connectivity index (χ3v) is 3.07. The molecule has 0 saturated heterocycles. The smallest absolute Gasteiger partial charge is 0.306 e. The van der Waals surface area contributed by atoms with E-state index in [2.05, 4.69) is 18.2 Å². The van der Waals surface area contributed by atoms with Gasteiger partial charge in [0.25, 0.3) is 0 Å². The fraction of sp³-hybridized carbons (Fsp3) is 0.562. The minimum atomic E-state index is -0.398. The Hall–Kier alpha value is -1.35. The van der Waals surface area contributed by atoms with Crippen molar-refractivity contribution in [1.82, 2.24) is 0 Å². The average molecular weight is 262 g/mol. The fourth-order valence-corrected chi connectivity index (χ4v) is 2.20. The molecule has 1 aromatic rings. The van der Waals surface area contributed by atoms with E-state index < -0.39 is 5.60 Å². The van der Waals surface area contributed by atoms with Crippen LogP contribution in [0.15, 0.2) is 24.3 Å². The Morgan fingerprint density at radius 2 is 2.05 bits per heavy atom. The number of hydrogen-bond donors (Lipinski definition) is 0. The van der Waals surface area contributed by atoms with Gasteiger partial charge in [-0.1, -0.05) is 24.3 Å². The molecule has 0 saturated carbocycles. The first-order chi connectivity index (χ1) is 8.96. The lowest BCUT2D eigenvalue weighted by molar-refractivity contribution is -0.155. The molecule has 0 fully saturated rings. The van der Waals surface area contributed by atoms with Gasteiger partial charge in [-0.2, -0.15) is 0 Å². The summed E-state index contributed by atoms with van der Waals surface area (Å²) in [7, 11) is 0. The Balaban J connectivity index is 1.63. The zero-order chi connectivity index (χ0) is 13.9. The SMILES string of the molecule is CC(C)(C)OC(=O)CCCOC1Cc2ccccc21. The first kappa shape index (κ1) is 14.1. The number of fused-ring (bicyclic) bond motifs is 1. The Morgan fingerprint density at radius 3 is 2.74 bits per heavy atom. The van der Waals surface area contributed by atoms with Gasteiger partial charge in [0.05, 0.1) is 6.10 Å². The van der Waals surface area contributed by atoms with Crippen molar-refractivity contribution in [3.8, 4) is 0 Å². The van der Waals surface area contributed by atoms with E-state index in [-0.39, 0.29) is 12.1 Å². The normalized spacial score (nSPS) is 17.5. The quantitative estimate of drug-likeness (QED) is 0.602. The molecule has 0 aliphatic heterocycles. The van der Waals surface area contributed by atoms with Gasteiger partial charge in [0.1, 0.15) is 5.60 Å². The van der Waals surface area contributed by atoms with E-state index in [0.717, 1.165) is 6.42 Å². The summed E-state index contributed by atoms with van der Waals surface area (Å²) in [6.07, 6.45) is 2.34. The molecule has 1 aliphatic rings. The van der Waals surface area contributed by atoms with Gasteiger partial charge in [-0.15, -0.1) is 0 Å². The fourth-order valence-electron chi connectivity index (χ4n) is 2.20. The van der Waals surface area contributed by atoms with Gasteiger partial charge in [-0.3, -0.25) is 4.79 Å². The molecule has 19 heavy (non-hydrogen) atoms. The molecule has 0 heterocycles. The molecule has 1 unspecified atom stereocenters. The van der Waals surface area contributed by atoms with Crippen LogP contribution in [0.2, 0.25) is 0 Å². The maximum Gasteiger partial charge on any atom is 0.306 e. The number of carbonyl (C=O) groups is 1. The molecule has 3 nitrogen and oxygen atoms in total. The van der Waals surface area contributed by atoms with Crippen LogP contribution in [0, 0.1) is 0 Å². The number of rotatable bonds is 5. The van der Waals surface area contributed by atoms with E-state index in [1.807, 2.05) is 26.8 Å². The second-order valence-electron chi connectivity index (χ2n) is 5.95. The molecule has 0 bridgehead atoms. The Bertz CT molecular complexity index is 446. The van der Waals surface area contributed by atoms with Crippen LogP contribution >= 0.6 is 0 Å². The lowest BCUT2D eigenvalue weighted by Crippen LogP contribution is -2.24. The summed E-state index contributed by atoms with van der Waals surface area (Å²) in [4.78, 5) is 11.5. The van der Waals surface area contributed by atoms with E-state index >= 15 is 0 Å². The number of ether oxygens (including phenoxy) is 2. The molecule has 104 valence electrons. The summed E-state index contributed by atoms with van der Waals surface area (Å²) in [6, 6.07) is 8.33. The summed E-state index contributed by atoms with van der Waals surface area (Å²) >= 11 is 0. The molecule has 0 spiro atoms. The summed E-state index contributed by atoms with van der Waals surface area (Å²) in [5, 5.41) is 0. The highest BCUT2D eigenvalue weighted by atomic mass is 16.6. The number of hydrogen-bond acceptors (Lipinski definition) is 3. The van der Waals surface area contributed by atoms with Crippen LogP contribution in [0.1, 0.15) is 50.8 Å². The lowest BCUT2D eigenvalue weighted by atomic mass is 9.85. The van der Waals surface area contributed by atoms with E-state index in [9.17, 15) is 4.79 Å². The maximum atomic E-state index is 11.5. The summed E-state index contributed by atoms with van der Waals surface area (Å²) in [5.74, 6) is -0.148. The van der Waals surface area contributed by atoms with E-state index in [4.69, 9.17) is 9.47 Å². The topological polar surface area (TPSA) is 35.5 Å². The highest BCUT2D eigenvalue weighted by Gasteiger charge is 2.25. The van der Waals surface area contributed by atoms with Crippen LogP contribution in [-0.2, 0) is 20.7 Å². The van der Waals surface area contributed by atoms with Gasteiger partial charge < -0.3 is 9.47 Å². The zero-order valence-electron chi connectivity index (χ0n) is 11.9. The van der Waals surface area contributed by atoms with Crippen molar-refractivity contribution < 1.29 is 14.3 Å². The van der Waals surface area contributed by atoms with Crippen LogP contribution in [0.3, 0.4) is 0 Å². The van der Waals surface area contributed by atoms with Gasteiger partial charge in [-0.05, 0) is 38.3 Å². The van der Waals surface area contributed by atoms with E-state index in [0.29, 0.717) is 19.4 Å². The first-order valence-electron chi connectivity index (χ1n) is 6.87. The Morgan fingerprint density at radius 1 is 1.32 bits per heavy atom. The molecule has 1 aromatic carbocycles. The number of esters is 1. The van der Waals surface area contributed by atoms with Crippen LogP contribution in [-0.4, -0.2) is 18.2 Å². The predicted octanol–water partition coefficient (Wildman–Crippen LogP) is 3.42. The standard InChI is InChI=1S/C16H22O3/c1-16(2,3)19-15(17)9-6-10-18-14-11-12-7-4-5-8-13(12)14/h4-5,7-8,14H,6,9-11H2,1-3H3. The van der Waals surface area contributed by atoms with Gasteiger partial charge >= 0.3 is 5.97 Å². The number of carbonyl (C=O) groups excluding carboxylic acids is 1. The van der Waals surface area contributed by atoms with E-state index in [1.54, 1.807) is 0 Å². The molecule has 1 atom stereocenters. The van der Waals surface area contributed by atoms with E-state index in [1.165, 1.54) is 11.1 Å². The zero-order valence-corrected chi connectivity index (χ0v) is 11.9. The Labute approximate surface area is 114 Å². The number of benzene rings is 1. The monoisotopic (exact) mass is 262 g/mol. The summed E-state index contributed by atoms with van der Waals surface area (Å²) in [5.41, 5.74) is 2.27. The highest BCUT2D eigenvalue weighted by Crippen LogP contribution is 2.35. The second-order valence-corrected chi connectivity index (χ2v) is 5.95. The minimum Gasteiger partial charge on any atom is -0.460 e. The lowest BCUT2D eigenvalue weighted by Gasteiger charge is -2.30. The maximum absolute atomic E-state index is 11.5. The van der Waals surface area contributed by atoms with Crippen LogP contribution in [0.25, 0.3) is 0 Å². The van der Waals surface area contributed by atoms with Crippen molar-refractivity contribution in [2.24, 2.45) is 0 Å². The average Bonchev–Trinajstić information content (AvgIpc) is 2.27. The van der Waals surface area contributed by atoms with Crippen molar-refractivity contribution >= 4 is 5.97 Å². The molecule has 0 amide bonds. The van der Waals surface area contributed by atoms with Crippen LogP contribution in [0.4, 0.5) is 0 Å². The van der Waals surface area contributed by atoms with Crippen molar-refractivity contribution in [2.75, 3.05) is 6.61 Å². The molecule has 0 N–H and O–H groups in total. The largest absolute Gasteiger partial charge is 0.460 e. The minimum absolute atomic E-state index is 0.148.